The second kappa shape index (κ2) is 13.0. The third-order valence-electron chi connectivity index (χ3n) is 10.7. The van der Waals surface area contributed by atoms with Crippen LogP contribution >= 0.6 is 0 Å². The highest BCUT2D eigenvalue weighted by molar-refractivity contribution is 6.21. The molecule has 0 unspecified atom stereocenters. The van der Waals surface area contributed by atoms with Crippen LogP contribution in [0.25, 0.3) is 111 Å². The monoisotopic (exact) mass is 713 g/mol. The summed E-state index contributed by atoms with van der Waals surface area (Å²) in [7, 11) is 0. The highest BCUT2D eigenvalue weighted by Crippen LogP contribution is 2.44. The van der Waals surface area contributed by atoms with Crippen LogP contribution in [-0.4, -0.2) is 24.9 Å². The lowest BCUT2D eigenvalue weighted by Gasteiger charge is -2.18. The normalized spacial score (nSPS) is 11.6. The van der Waals surface area contributed by atoms with Crippen LogP contribution in [0.5, 0.6) is 0 Å². The molecule has 8 aromatic carbocycles. The Labute approximate surface area is 322 Å². The molecule has 0 aliphatic carbocycles. The van der Waals surface area contributed by atoms with Crippen LogP contribution in [0.15, 0.2) is 188 Å². The number of rotatable bonds is 5. The van der Waals surface area contributed by atoms with Crippen molar-refractivity contribution in [2.75, 3.05) is 0 Å². The fourth-order valence-electron chi connectivity index (χ4n) is 8.16. The number of pyridine rings is 2. The van der Waals surface area contributed by atoms with Crippen molar-refractivity contribution in [2.24, 2.45) is 0 Å². The highest BCUT2D eigenvalue weighted by Gasteiger charge is 2.22. The highest BCUT2D eigenvalue weighted by atomic mass is 15.0. The third-order valence-corrected chi connectivity index (χ3v) is 10.7. The zero-order valence-electron chi connectivity index (χ0n) is 30.1. The summed E-state index contributed by atoms with van der Waals surface area (Å²) in [6.45, 7) is 0. The van der Waals surface area contributed by atoms with Gasteiger partial charge in [0.05, 0.1) is 22.2 Å². The molecule has 0 N–H and O–H groups in total. The molecule has 0 saturated carbocycles. The SMILES string of the molecule is c1ccc(-c2nc(-c3ccccc3)nc(-c3c4ccccc4c(-c4ccc5ccc6c(-c7ccccc7)c7ccccc7nc6c5n4)c4ccccc34)n2)cc1. The second-order valence-electron chi connectivity index (χ2n) is 14.0. The maximum atomic E-state index is 5.52. The second-order valence-corrected chi connectivity index (χ2v) is 14.0. The van der Waals surface area contributed by atoms with Gasteiger partial charge in [-0.15, -0.1) is 0 Å². The first kappa shape index (κ1) is 31.9. The van der Waals surface area contributed by atoms with E-state index in [9.17, 15) is 0 Å². The molecular formula is C51H31N5. The van der Waals surface area contributed by atoms with Gasteiger partial charge in [0.15, 0.2) is 17.5 Å². The van der Waals surface area contributed by atoms with Gasteiger partial charge >= 0.3 is 0 Å². The number of para-hydroxylation sites is 1. The predicted molar refractivity (Wildman–Crippen MR) is 230 cm³/mol. The van der Waals surface area contributed by atoms with Crippen molar-refractivity contribution < 1.29 is 0 Å². The standard InChI is InChI=1S/C51H31N5/c1-4-16-32(17-5-1)44-40-26-14-15-27-42(40)52-48-41(44)30-28-33-29-31-43(53-47(33)48)45-36-22-10-12-24-38(36)46(39-25-13-11-23-37(39)45)51-55-49(34-18-6-2-7-19-34)54-50(56-51)35-20-8-3-9-21-35/h1-31H. The van der Waals surface area contributed by atoms with Gasteiger partial charge in [0.1, 0.15) is 0 Å². The van der Waals surface area contributed by atoms with Crippen molar-refractivity contribution in [1.29, 1.82) is 0 Å². The van der Waals surface area contributed by atoms with Gasteiger partial charge in [-0.1, -0.05) is 176 Å². The molecule has 0 spiro atoms. The van der Waals surface area contributed by atoms with Crippen LogP contribution < -0.4 is 0 Å². The molecular weight excluding hydrogens is 683 g/mol. The smallest absolute Gasteiger partial charge is 0.165 e. The molecule has 5 nitrogen and oxygen atoms in total. The Hall–Kier alpha value is -7.63. The molecule has 5 heteroatoms. The van der Waals surface area contributed by atoms with Gasteiger partial charge in [-0.25, -0.2) is 24.9 Å². The average molecular weight is 714 g/mol. The zero-order chi connectivity index (χ0) is 37.0. The van der Waals surface area contributed by atoms with Crippen molar-refractivity contribution in [3.05, 3.63) is 188 Å². The fraction of sp³-hybridized carbons (Fsp3) is 0. The van der Waals surface area contributed by atoms with Crippen molar-refractivity contribution in [3.63, 3.8) is 0 Å². The van der Waals surface area contributed by atoms with E-state index in [4.69, 9.17) is 24.9 Å². The van der Waals surface area contributed by atoms with Crippen LogP contribution in [0.3, 0.4) is 0 Å². The van der Waals surface area contributed by atoms with Gasteiger partial charge in [-0.3, -0.25) is 0 Å². The molecule has 0 aliphatic rings. The van der Waals surface area contributed by atoms with Gasteiger partial charge in [0.2, 0.25) is 0 Å². The van der Waals surface area contributed by atoms with Crippen LogP contribution in [0.4, 0.5) is 0 Å². The molecule has 0 saturated heterocycles. The molecule has 11 rings (SSSR count). The Kier molecular flexibility index (Phi) is 7.42. The number of nitrogens with zero attached hydrogens (tertiary/aromatic N) is 5. The Morgan fingerprint density at radius 1 is 0.250 bits per heavy atom. The minimum absolute atomic E-state index is 0.624. The van der Waals surface area contributed by atoms with Crippen LogP contribution in [0.2, 0.25) is 0 Å². The number of aromatic nitrogens is 5. The summed E-state index contributed by atoms with van der Waals surface area (Å²) < 4.78 is 0. The van der Waals surface area contributed by atoms with Crippen LogP contribution in [0.1, 0.15) is 0 Å². The number of hydrogen-bond donors (Lipinski definition) is 0. The largest absolute Gasteiger partial charge is 0.245 e. The van der Waals surface area contributed by atoms with Gasteiger partial charge in [0, 0.05) is 44.0 Å². The van der Waals surface area contributed by atoms with E-state index in [2.05, 4.69) is 127 Å². The van der Waals surface area contributed by atoms with E-state index in [-0.39, 0.29) is 0 Å². The molecule has 0 radical (unpaired) electrons. The Bertz CT molecular complexity index is 3180. The summed E-state index contributed by atoms with van der Waals surface area (Å²) >= 11 is 0. The first-order valence-electron chi connectivity index (χ1n) is 18.8. The van der Waals surface area contributed by atoms with E-state index in [1.54, 1.807) is 0 Å². The summed E-state index contributed by atoms with van der Waals surface area (Å²) in [6.07, 6.45) is 0. The Balaban J connectivity index is 1.19. The Morgan fingerprint density at radius 3 is 1.30 bits per heavy atom. The maximum Gasteiger partial charge on any atom is 0.165 e. The summed E-state index contributed by atoms with van der Waals surface area (Å²) in [5.41, 5.74) is 9.80. The molecule has 3 heterocycles. The van der Waals surface area contributed by atoms with Gasteiger partial charge in [0.25, 0.3) is 0 Å². The van der Waals surface area contributed by atoms with Crippen molar-refractivity contribution >= 4 is 54.3 Å². The van der Waals surface area contributed by atoms with Crippen molar-refractivity contribution in [2.45, 2.75) is 0 Å². The lowest BCUT2D eigenvalue weighted by molar-refractivity contribution is 1.08. The molecule has 0 aliphatic heterocycles. The fourth-order valence-corrected chi connectivity index (χ4v) is 8.16. The van der Waals surface area contributed by atoms with Crippen molar-refractivity contribution in [1.82, 2.24) is 24.9 Å². The van der Waals surface area contributed by atoms with Crippen LogP contribution in [-0.2, 0) is 0 Å². The van der Waals surface area contributed by atoms with E-state index < -0.39 is 0 Å². The molecule has 0 amide bonds. The molecule has 0 atom stereocenters. The third kappa shape index (κ3) is 5.21. The van der Waals surface area contributed by atoms with E-state index in [0.29, 0.717) is 17.5 Å². The van der Waals surface area contributed by atoms with Gasteiger partial charge < -0.3 is 0 Å². The number of fused-ring (bicyclic) bond motifs is 6. The first-order valence-corrected chi connectivity index (χ1v) is 18.8. The quantitative estimate of drug-likeness (QED) is 0.131. The molecule has 0 bridgehead atoms. The molecule has 11 aromatic rings. The number of hydrogen-bond acceptors (Lipinski definition) is 5. The predicted octanol–water partition coefficient (Wildman–Crippen LogP) is 12.8. The Morgan fingerprint density at radius 2 is 0.714 bits per heavy atom. The molecule has 0 fully saturated rings. The summed E-state index contributed by atoms with van der Waals surface area (Å²) in [5, 5.41) is 7.47. The van der Waals surface area contributed by atoms with E-state index in [1.807, 2.05) is 60.7 Å². The van der Waals surface area contributed by atoms with E-state index >= 15 is 0 Å². The van der Waals surface area contributed by atoms with Gasteiger partial charge in [-0.2, -0.15) is 0 Å². The lowest BCUT2D eigenvalue weighted by atomic mass is 9.89. The topological polar surface area (TPSA) is 64.5 Å². The minimum atomic E-state index is 0.624. The summed E-state index contributed by atoms with van der Waals surface area (Å²) in [6, 6.07) is 65.0. The van der Waals surface area contributed by atoms with E-state index in [0.717, 1.165) is 87.8 Å². The number of benzene rings is 8. The first-order chi connectivity index (χ1) is 27.8. The summed E-state index contributed by atoms with van der Waals surface area (Å²) in [5.74, 6) is 1.88. The van der Waals surface area contributed by atoms with E-state index in [1.165, 1.54) is 5.56 Å². The maximum absolute atomic E-state index is 5.52. The minimum Gasteiger partial charge on any atom is -0.245 e. The molecule has 56 heavy (non-hydrogen) atoms. The average Bonchev–Trinajstić information content (AvgIpc) is 3.28. The van der Waals surface area contributed by atoms with Crippen molar-refractivity contribution in [3.8, 4) is 56.5 Å². The van der Waals surface area contributed by atoms with Gasteiger partial charge in [-0.05, 0) is 39.2 Å². The zero-order valence-corrected chi connectivity index (χ0v) is 30.1. The summed E-state index contributed by atoms with van der Waals surface area (Å²) in [4.78, 5) is 26.2. The lowest BCUT2D eigenvalue weighted by Crippen LogP contribution is -2.01. The molecule has 3 aromatic heterocycles. The molecule has 260 valence electrons. The van der Waals surface area contributed by atoms with Crippen LogP contribution in [0, 0.1) is 0 Å².